The smallest absolute Gasteiger partial charge is 0.256 e. The Morgan fingerprint density at radius 2 is 1.66 bits per heavy atom. The van der Waals surface area contributed by atoms with Crippen LogP contribution in [-0.2, 0) is 6.54 Å². The molecule has 0 bridgehead atoms. The number of nitrogens with one attached hydrogen (secondary N) is 2. The van der Waals surface area contributed by atoms with Crippen molar-refractivity contribution < 1.29 is 19.0 Å². The topological polar surface area (TPSA) is 81.7 Å². The maximum atomic E-state index is 12.5. The number of pyridine rings is 1. The molecule has 1 heterocycles. The Kier molecular flexibility index (Phi) is 6.52. The molecule has 2 N–H and O–H groups in total. The van der Waals surface area contributed by atoms with Gasteiger partial charge in [-0.25, -0.2) is 4.98 Å². The van der Waals surface area contributed by atoms with Gasteiger partial charge in [0.25, 0.3) is 5.91 Å². The lowest BCUT2D eigenvalue weighted by Crippen LogP contribution is -2.13. The van der Waals surface area contributed by atoms with Gasteiger partial charge in [-0.15, -0.1) is 0 Å². The monoisotopic (exact) mass is 393 g/mol. The van der Waals surface area contributed by atoms with E-state index in [2.05, 4.69) is 15.6 Å². The van der Waals surface area contributed by atoms with E-state index in [9.17, 15) is 4.79 Å². The lowest BCUT2D eigenvalue weighted by molar-refractivity contribution is 0.102. The van der Waals surface area contributed by atoms with Crippen molar-refractivity contribution in [1.29, 1.82) is 0 Å². The van der Waals surface area contributed by atoms with E-state index in [0.29, 0.717) is 29.4 Å². The molecule has 7 nitrogen and oxygen atoms in total. The summed E-state index contributed by atoms with van der Waals surface area (Å²) in [5.41, 5.74) is 2.32. The van der Waals surface area contributed by atoms with Crippen LogP contribution >= 0.6 is 0 Å². The van der Waals surface area contributed by atoms with Crippen LogP contribution in [0.1, 0.15) is 15.9 Å². The van der Waals surface area contributed by atoms with Gasteiger partial charge in [-0.2, -0.15) is 0 Å². The molecule has 1 aromatic heterocycles. The fraction of sp³-hybridized carbons (Fsp3) is 0.182. The van der Waals surface area contributed by atoms with Crippen molar-refractivity contribution >= 4 is 17.4 Å². The number of hydrogen-bond donors (Lipinski definition) is 2. The molecule has 150 valence electrons. The van der Waals surface area contributed by atoms with E-state index in [0.717, 1.165) is 17.0 Å². The summed E-state index contributed by atoms with van der Waals surface area (Å²) in [6.07, 6.45) is 1.67. The van der Waals surface area contributed by atoms with E-state index in [1.807, 2.05) is 30.3 Å². The number of nitrogens with zero attached hydrogens (tertiary/aromatic N) is 1. The standard InChI is InChI=1S/C22H23N3O4/c1-27-18-7-5-4-6-16(18)13-23-17-9-11-21(24-14-17)25-22(26)15-8-10-19(28-2)20(12-15)29-3/h4-12,14,23H,13H2,1-3H3,(H,24,25,26). The van der Waals surface area contributed by atoms with E-state index in [4.69, 9.17) is 14.2 Å². The van der Waals surface area contributed by atoms with Crippen molar-refractivity contribution in [3.63, 3.8) is 0 Å². The van der Waals surface area contributed by atoms with Gasteiger partial charge in [0.1, 0.15) is 11.6 Å². The lowest BCUT2D eigenvalue weighted by Gasteiger charge is -2.11. The highest BCUT2D eigenvalue weighted by Gasteiger charge is 2.11. The lowest BCUT2D eigenvalue weighted by atomic mass is 10.2. The third kappa shape index (κ3) is 4.95. The van der Waals surface area contributed by atoms with Gasteiger partial charge >= 0.3 is 0 Å². The maximum Gasteiger partial charge on any atom is 0.256 e. The number of hydrogen-bond acceptors (Lipinski definition) is 6. The second-order valence-electron chi connectivity index (χ2n) is 6.12. The van der Waals surface area contributed by atoms with E-state index in [1.165, 1.54) is 7.11 Å². The summed E-state index contributed by atoms with van der Waals surface area (Å²) < 4.78 is 15.8. The minimum Gasteiger partial charge on any atom is -0.496 e. The van der Waals surface area contributed by atoms with Crippen molar-refractivity contribution in [3.05, 3.63) is 71.9 Å². The van der Waals surface area contributed by atoms with Crippen LogP contribution in [0.15, 0.2) is 60.8 Å². The number of carbonyl (C=O) groups excluding carboxylic acids is 1. The third-order valence-corrected chi connectivity index (χ3v) is 4.33. The van der Waals surface area contributed by atoms with Crippen molar-refractivity contribution in [2.24, 2.45) is 0 Å². The number of anilines is 2. The Balaban J connectivity index is 1.62. The van der Waals surface area contributed by atoms with E-state index >= 15 is 0 Å². The predicted octanol–water partition coefficient (Wildman–Crippen LogP) is 3.97. The van der Waals surface area contributed by atoms with Crippen LogP contribution in [0.3, 0.4) is 0 Å². The van der Waals surface area contributed by atoms with Gasteiger partial charge in [-0.05, 0) is 36.4 Å². The maximum absolute atomic E-state index is 12.5. The van der Waals surface area contributed by atoms with Gasteiger partial charge < -0.3 is 24.8 Å². The molecule has 0 atom stereocenters. The number of rotatable bonds is 8. The SMILES string of the molecule is COc1ccccc1CNc1ccc(NC(=O)c2ccc(OC)c(OC)c2)nc1. The molecule has 7 heteroatoms. The van der Waals surface area contributed by atoms with Crippen LogP contribution < -0.4 is 24.8 Å². The van der Waals surface area contributed by atoms with Crippen molar-refractivity contribution in [2.75, 3.05) is 32.0 Å². The summed E-state index contributed by atoms with van der Waals surface area (Å²) in [6, 6.07) is 16.4. The molecule has 0 fully saturated rings. The Bertz CT molecular complexity index is 974. The molecule has 0 saturated heterocycles. The zero-order valence-corrected chi connectivity index (χ0v) is 16.6. The largest absolute Gasteiger partial charge is 0.496 e. The van der Waals surface area contributed by atoms with Crippen LogP contribution in [0, 0.1) is 0 Å². The van der Waals surface area contributed by atoms with Crippen molar-refractivity contribution in [1.82, 2.24) is 4.98 Å². The molecular weight excluding hydrogens is 370 g/mol. The van der Waals surface area contributed by atoms with Crippen LogP contribution in [0.25, 0.3) is 0 Å². The molecule has 0 aliphatic heterocycles. The van der Waals surface area contributed by atoms with E-state index in [1.54, 1.807) is 44.7 Å². The quantitative estimate of drug-likeness (QED) is 0.603. The number of methoxy groups -OCH3 is 3. The average Bonchev–Trinajstić information content (AvgIpc) is 2.78. The first-order chi connectivity index (χ1) is 14.1. The Labute approximate surface area is 169 Å². The fourth-order valence-electron chi connectivity index (χ4n) is 2.78. The Morgan fingerprint density at radius 3 is 2.34 bits per heavy atom. The highest BCUT2D eigenvalue weighted by molar-refractivity contribution is 6.04. The summed E-state index contributed by atoms with van der Waals surface area (Å²) >= 11 is 0. The molecule has 0 spiro atoms. The second-order valence-corrected chi connectivity index (χ2v) is 6.12. The highest BCUT2D eigenvalue weighted by atomic mass is 16.5. The molecule has 3 rings (SSSR count). The molecule has 29 heavy (non-hydrogen) atoms. The molecule has 0 unspecified atom stereocenters. The number of carbonyl (C=O) groups is 1. The molecule has 1 amide bonds. The minimum absolute atomic E-state index is 0.284. The zero-order valence-electron chi connectivity index (χ0n) is 16.6. The van der Waals surface area contributed by atoms with E-state index < -0.39 is 0 Å². The first-order valence-corrected chi connectivity index (χ1v) is 8.99. The number of benzene rings is 2. The van der Waals surface area contributed by atoms with Crippen LogP contribution in [-0.4, -0.2) is 32.2 Å². The molecule has 0 aliphatic carbocycles. The van der Waals surface area contributed by atoms with Crippen LogP contribution in [0.4, 0.5) is 11.5 Å². The first kappa shape index (κ1) is 20.0. The van der Waals surface area contributed by atoms with E-state index in [-0.39, 0.29) is 5.91 Å². The van der Waals surface area contributed by atoms with Gasteiger partial charge in [0.2, 0.25) is 0 Å². The normalized spacial score (nSPS) is 10.2. The third-order valence-electron chi connectivity index (χ3n) is 4.33. The van der Waals surface area contributed by atoms with Gasteiger partial charge in [0.15, 0.2) is 11.5 Å². The predicted molar refractivity (Wildman–Crippen MR) is 112 cm³/mol. The average molecular weight is 393 g/mol. The summed E-state index contributed by atoms with van der Waals surface area (Å²) in [6.45, 7) is 0.600. The van der Waals surface area contributed by atoms with Gasteiger partial charge in [0, 0.05) is 17.7 Å². The van der Waals surface area contributed by atoms with Gasteiger partial charge in [-0.3, -0.25) is 4.79 Å². The Hall–Kier alpha value is -3.74. The van der Waals surface area contributed by atoms with Crippen LogP contribution in [0.2, 0.25) is 0 Å². The molecule has 3 aromatic rings. The molecule has 0 saturated carbocycles. The molecule has 0 aliphatic rings. The summed E-state index contributed by atoms with van der Waals surface area (Å²) in [5, 5.41) is 6.06. The number of ether oxygens (including phenoxy) is 3. The number of aromatic nitrogens is 1. The first-order valence-electron chi connectivity index (χ1n) is 8.99. The molecule has 2 aromatic carbocycles. The summed E-state index contributed by atoms with van der Waals surface area (Å²) in [7, 11) is 4.72. The summed E-state index contributed by atoms with van der Waals surface area (Å²) in [5.74, 6) is 2.05. The Morgan fingerprint density at radius 1 is 0.897 bits per heavy atom. The zero-order chi connectivity index (χ0) is 20.6. The van der Waals surface area contributed by atoms with Gasteiger partial charge in [0.05, 0.1) is 33.2 Å². The van der Waals surface area contributed by atoms with Crippen molar-refractivity contribution in [2.45, 2.75) is 6.54 Å². The molecular formula is C22H23N3O4. The minimum atomic E-state index is -0.284. The second kappa shape index (κ2) is 9.45. The fourth-order valence-corrected chi connectivity index (χ4v) is 2.78. The van der Waals surface area contributed by atoms with Gasteiger partial charge in [-0.1, -0.05) is 18.2 Å². The van der Waals surface area contributed by atoms with Crippen molar-refractivity contribution in [3.8, 4) is 17.2 Å². The van der Waals surface area contributed by atoms with Crippen LogP contribution in [0.5, 0.6) is 17.2 Å². The molecule has 0 radical (unpaired) electrons. The summed E-state index contributed by atoms with van der Waals surface area (Å²) in [4.78, 5) is 16.8. The number of amides is 1. The number of para-hydroxylation sites is 1. The highest BCUT2D eigenvalue weighted by Crippen LogP contribution is 2.28.